The van der Waals surface area contributed by atoms with Gasteiger partial charge in [-0.2, -0.15) is 0 Å². The van der Waals surface area contributed by atoms with E-state index in [1.165, 1.54) is 4.90 Å². The molecule has 0 bridgehead atoms. The number of carbonyl (C=O) groups is 3. The molecule has 1 heterocycles. The summed E-state index contributed by atoms with van der Waals surface area (Å²) < 4.78 is 0. The van der Waals surface area contributed by atoms with E-state index < -0.39 is 12.0 Å². The van der Waals surface area contributed by atoms with E-state index in [1.807, 2.05) is 50.2 Å². The molecule has 1 unspecified atom stereocenters. The number of hydrogen-bond acceptors (Lipinski definition) is 4. The van der Waals surface area contributed by atoms with Crippen molar-refractivity contribution in [1.29, 1.82) is 0 Å². The number of rotatable bonds is 10. The first-order valence-corrected chi connectivity index (χ1v) is 11.6. The Kier molecular flexibility index (Phi) is 8.22. The summed E-state index contributed by atoms with van der Waals surface area (Å²) in [6, 6.07) is 13.8. The van der Waals surface area contributed by atoms with Gasteiger partial charge in [-0.1, -0.05) is 42.8 Å². The van der Waals surface area contributed by atoms with Gasteiger partial charge < -0.3 is 20.6 Å². The molecule has 3 N–H and O–H groups in total. The zero-order valence-electron chi connectivity index (χ0n) is 19.4. The van der Waals surface area contributed by atoms with Gasteiger partial charge in [0.2, 0.25) is 5.91 Å². The van der Waals surface area contributed by atoms with E-state index in [9.17, 15) is 19.5 Å². The molecule has 176 valence electrons. The molecule has 0 saturated heterocycles. The lowest BCUT2D eigenvalue weighted by Gasteiger charge is -2.30. The third-order valence-corrected chi connectivity index (χ3v) is 6.00. The molecule has 2 aromatic carbocycles. The normalized spacial score (nSPS) is 14.9. The fraction of sp³-hybridized carbons (Fsp3) is 0.423. The smallest absolute Gasteiger partial charge is 0.305 e. The molecule has 0 fully saturated rings. The van der Waals surface area contributed by atoms with Gasteiger partial charge in [-0.25, -0.2) is 0 Å². The van der Waals surface area contributed by atoms with Crippen LogP contribution in [0.25, 0.3) is 0 Å². The molecule has 0 aliphatic carbocycles. The number of nitrogens with two attached hydrogens (primary N) is 1. The van der Waals surface area contributed by atoms with Crippen molar-refractivity contribution in [2.75, 3.05) is 18.0 Å². The minimum Gasteiger partial charge on any atom is -0.481 e. The van der Waals surface area contributed by atoms with Gasteiger partial charge in [-0.05, 0) is 62.9 Å². The molecule has 0 radical (unpaired) electrons. The molecule has 7 heteroatoms. The lowest BCUT2D eigenvalue weighted by molar-refractivity contribution is -0.138. The van der Waals surface area contributed by atoms with E-state index >= 15 is 0 Å². The van der Waals surface area contributed by atoms with Crippen molar-refractivity contribution in [3.63, 3.8) is 0 Å². The number of fused-ring (bicyclic) bond motifs is 1. The molecule has 0 aromatic heterocycles. The molecule has 3 rings (SSSR count). The first-order chi connectivity index (χ1) is 15.8. The summed E-state index contributed by atoms with van der Waals surface area (Å²) in [6.07, 6.45) is 3.47. The number of carboxylic acids is 1. The number of amides is 2. The quantitative estimate of drug-likeness (QED) is 0.535. The van der Waals surface area contributed by atoms with Crippen molar-refractivity contribution in [3.05, 3.63) is 65.2 Å². The van der Waals surface area contributed by atoms with Crippen LogP contribution in [0.3, 0.4) is 0 Å². The highest BCUT2D eigenvalue weighted by Gasteiger charge is 2.37. The molecule has 0 spiro atoms. The van der Waals surface area contributed by atoms with E-state index in [4.69, 9.17) is 5.73 Å². The number of benzene rings is 2. The van der Waals surface area contributed by atoms with Crippen LogP contribution in [0.2, 0.25) is 0 Å². The second kappa shape index (κ2) is 11.1. The van der Waals surface area contributed by atoms with E-state index in [0.717, 1.165) is 31.2 Å². The Hall–Kier alpha value is -3.19. The zero-order valence-corrected chi connectivity index (χ0v) is 19.4. The Morgan fingerprint density at radius 1 is 1.06 bits per heavy atom. The summed E-state index contributed by atoms with van der Waals surface area (Å²) in [5, 5.41) is 9.58. The van der Waals surface area contributed by atoms with Gasteiger partial charge in [0, 0.05) is 6.04 Å². The number of aryl methyl sites for hydroxylation is 1. The highest BCUT2D eigenvalue weighted by molar-refractivity contribution is 6.10. The Bertz CT molecular complexity index is 990. The Morgan fingerprint density at radius 2 is 1.79 bits per heavy atom. The van der Waals surface area contributed by atoms with E-state index in [1.54, 1.807) is 17.0 Å². The Labute approximate surface area is 195 Å². The van der Waals surface area contributed by atoms with Gasteiger partial charge in [0.25, 0.3) is 5.91 Å². The maximum atomic E-state index is 13.8. The predicted octanol–water partition coefficient (Wildman–Crippen LogP) is 3.77. The standard InChI is InChI=1S/C26H33N3O4/c1-18(2)29-22-13-12-19(9-5-4-8-14-27)15-21(22)26(33)28(17-24(29)30)23(16-25(31)32)20-10-6-3-7-11-20/h3,6-7,10-13,15,18,23H,4-5,8-9,14,16-17,27H2,1-2H3,(H,31,32). The predicted molar refractivity (Wildman–Crippen MR) is 128 cm³/mol. The second-order valence-electron chi connectivity index (χ2n) is 8.77. The lowest BCUT2D eigenvalue weighted by Crippen LogP contribution is -2.44. The summed E-state index contributed by atoms with van der Waals surface area (Å²) in [6.45, 7) is 4.31. The molecule has 7 nitrogen and oxygen atoms in total. The van der Waals surface area contributed by atoms with Crippen LogP contribution in [-0.2, 0) is 16.0 Å². The Morgan fingerprint density at radius 3 is 2.42 bits per heavy atom. The van der Waals surface area contributed by atoms with E-state index in [-0.39, 0.29) is 30.8 Å². The van der Waals surface area contributed by atoms with Crippen molar-refractivity contribution in [1.82, 2.24) is 4.90 Å². The number of aliphatic carboxylic acids is 1. The fourth-order valence-electron chi connectivity index (χ4n) is 4.42. The molecular formula is C26H33N3O4. The highest BCUT2D eigenvalue weighted by Crippen LogP contribution is 2.34. The maximum absolute atomic E-state index is 13.8. The highest BCUT2D eigenvalue weighted by atomic mass is 16.4. The van der Waals surface area contributed by atoms with Crippen LogP contribution in [0.5, 0.6) is 0 Å². The summed E-state index contributed by atoms with van der Waals surface area (Å²) in [7, 11) is 0. The molecule has 1 atom stereocenters. The van der Waals surface area contributed by atoms with Gasteiger partial charge in [0.1, 0.15) is 6.54 Å². The number of hydrogen-bond donors (Lipinski definition) is 2. The average Bonchev–Trinajstić information content (AvgIpc) is 2.89. The number of carboxylic acid groups (broad SMARTS) is 1. The SMILES string of the molecule is CC(C)N1C(=O)CN(C(CC(=O)O)c2ccccc2)C(=O)c2cc(CCCCCN)ccc21. The van der Waals surface area contributed by atoms with Crippen LogP contribution in [0, 0.1) is 0 Å². The van der Waals surface area contributed by atoms with Crippen molar-refractivity contribution in [2.45, 2.75) is 58.0 Å². The van der Waals surface area contributed by atoms with Crippen molar-refractivity contribution < 1.29 is 19.5 Å². The Balaban J connectivity index is 2.04. The molecular weight excluding hydrogens is 418 g/mol. The van der Waals surface area contributed by atoms with Gasteiger partial charge >= 0.3 is 5.97 Å². The van der Waals surface area contributed by atoms with Crippen LogP contribution in [0.1, 0.15) is 67.1 Å². The third kappa shape index (κ3) is 5.79. The molecule has 33 heavy (non-hydrogen) atoms. The van der Waals surface area contributed by atoms with Crippen LogP contribution in [-0.4, -0.2) is 46.9 Å². The molecule has 1 aliphatic heterocycles. The maximum Gasteiger partial charge on any atom is 0.305 e. The van der Waals surface area contributed by atoms with Crippen molar-refractivity contribution in [2.24, 2.45) is 5.73 Å². The fourth-order valence-corrected chi connectivity index (χ4v) is 4.42. The first-order valence-electron chi connectivity index (χ1n) is 11.6. The summed E-state index contributed by atoms with van der Waals surface area (Å²) in [5.74, 6) is -1.57. The van der Waals surface area contributed by atoms with Crippen LogP contribution >= 0.6 is 0 Å². The number of unbranched alkanes of at least 4 members (excludes halogenated alkanes) is 2. The average molecular weight is 452 g/mol. The van der Waals surface area contributed by atoms with Gasteiger partial charge in [0.15, 0.2) is 0 Å². The molecule has 2 amide bonds. The third-order valence-electron chi connectivity index (χ3n) is 6.00. The molecule has 0 saturated carbocycles. The minimum atomic E-state index is -1.03. The summed E-state index contributed by atoms with van der Waals surface area (Å²) >= 11 is 0. The van der Waals surface area contributed by atoms with E-state index in [2.05, 4.69) is 0 Å². The van der Waals surface area contributed by atoms with Crippen LogP contribution in [0.4, 0.5) is 5.69 Å². The number of nitrogens with zero attached hydrogens (tertiary/aromatic N) is 2. The molecule has 1 aliphatic rings. The first kappa shape index (κ1) is 24.5. The topological polar surface area (TPSA) is 104 Å². The zero-order chi connectivity index (χ0) is 24.0. The van der Waals surface area contributed by atoms with Gasteiger partial charge in [-0.3, -0.25) is 14.4 Å². The summed E-state index contributed by atoms with van der Waals surface area (Å²) in [5.41, 5.74) is 8.32. The molecule has 2 aromatic rings. The summed E-state index contributed by atoms with van der Waals surface area (Å²) in [4.78, 5) is 41.9. The van der Waals surface area contributed by atoms with Crippen molar-refractivity contribution in [3.8, 4) is 0 Å². The number of anilines is 1. The van der Waals surface area contributed by atoms with E-state index in [0.29, 0.717) is 23.4 Å². The lowest BCUT2D eigenvalue weighted by atomic mass is 9.99. The van der Waals surface area contributed by atoms with Crippen LogP contribution in [0.15, 0.2) is 48.5 Å². The monoisotopic (exact) mass is 451 g/mol. The second-order valence-corrected chi connectivity index (χ2v) is 8.77. The largest absolute Gasteiger partial charge is 0.481 e. The number of carbonyl (C=O) groups excluding carboxylic acids is 2. The minimum absolute atomic E-state index is 0.144. The van der Waals surface area contributed by atoms with Gasteiger partial charge in [0.05, 0.1) is 23.7 Å². The van der Waals surface area contributed by atoms with Crippen LogP contribution < -0.4 is 10.6 Å². The van der Waals surface area contributed by atoms with Gasteiger partial charge in [-0.15, -0.1) is 0 Å². The van der Waals surface area contributed by atoms with Crippen molar-refractivity contribution >= 4 is 23.5 Å².